The van der Waals surface area contributed by atoms with E-state index in [2.05, 4.69) is 0 Å². The van der Waals surface area contributed by atoms with Gasteiger partial charge in [-0.1, -0.05) is 30.3 Å². The first-order valence-corrected chi connectivity index (χ1v) is 5.55. The maximum Gasteiger partial charge on any atom is 0.309 e. The van der Waals surface area contributed by atoms with E-state index in [9.17, 15) is 9.90 Å². The van der Waals surface area contributed by atoms with Crippen LogP contribution in [0.2, 0.25) is 0 Å². The van der Waals surface area contributed by atoms with E-state index in [1.807, 2.05) is 6.07 Å². The van der Waals surface area contributed by atoms with Crippen LogP contribution in [0.25, 0.3) is 0 Å². The van der Waals surface area contributed by atoms with Gasteiger partial charge in [0, 0.05) is 7.11 Å². The van der Waals surface area contributed by atoms with Gasteiger partial charge in [-0.3, -0.25) is 4.79 Å². The Kier molecular flexibility index (Phi) is 5.12. The highest BCUT2D eigenvalue weighted by Crippen LogP contribution is 2.25. The van der Waals surface area contributed by atoms with Crippen molar-refractivity contribution in [1.82, 2.24) is 0 Å². The lowest BCUT2D eigenvalue weighted by Crippen LogP contribution is -2.34. The summed E-state index contributed by atoms with van der Waals surface area (Å²) in [6.07, 6.45) is -0.112. The quantitative estimate of drug-likeness (QED) is 0.763. The number of methoxy groups -OCH3 is 1. The zero-order valence-electron chi connectivity index (χ0n) is 10.2. The second-order valence-electron chi connectivity index (χ2n) is 3.81. The Labute approximate surface area is 101 Å². The van der Waals surface area contributed by atoms with Gasteiger partial charge in [-0.25, -0.2) is 0 Å². The molecule has 1 aromatic rings. The minimum absolute atomic E-state index is 0.0514. The lowest BCUT2D eigenvalue weighted by molar-refractivity contribution is -0.151. The van der Waals surface area contributed by atoms with Gasteiger partial charge in [-0.05, 0) is 12.5 Å². The Hall–Kier alpha value is -1.39. The molecular weight excluding hydrogens is 220 g/mol. The van der Waals surface area contributed by atoms with Crippen LogP contribution in [0.15, 0.2) is 30.3 Å². The summed E-state index contributed by atoms with van der Waals surface area (Å²) in [5, 5.41) is 10.5. The topological polar surface area (TPSA) is 55.8 Å². The maximum atomic E-state index is 11.5. The van der Waals surface area contributed by atoms with E-state index in [-0.39, 0.29) is 13.0 Å². The van der Waals surface area contributed by atoms with Gasteiger partial charge in [0.25, 0.3) is 0 Å². The molecule has 1 rings (SSSR count). The Morgan fingerprint density at radius 1 is 1.35 bits per heavy atom. The molecule has 1 aromatic carbocycles. The van der Waals surface area contributed by atoms with E-state index in [4.69, 9.17) is 9.47 Å². The van der Waals surface area contributed by atoms with E-state index in [1.54, 1.807) is 31.2 Å². The molecule has 0 heterocycles. The lowest BCUT2D eigenvalue weighted by atomic mass is 9.91. The summed E-state index contributed by atoms with van der Waals surface area (Å²) in [5.41, 5.74) is -0.683. The van der Waals surface area contributed by atoms with E-state index < -0.39 is 11.6 Å². The molecule has 0 bridgehead atoms. The maximum absolute atomic E-state index is 11.5. The van der Waals surface area contributed by atoms with Crippen LogP contribution >= 0.6 is 0 Å². The van der Waals surface area contributed by atoms with Crippen LogP contribution in [-0.4, -0.2) is 31.4 Å². The predicted octanol–water partition coefficient (Wildman–Crippen LogP) is 1.47. The highest BCUT2D eigenvalue weighted by atomic mass is 16.5. The van der Waals surface area contributed by atoms with Gasteiger partial charge in [0.1, 0.15) is 5.60 Å². The van der Waals surface area contributed by atoms with Crippen molar-refractivity contribution in [3.63, 3.8) is 0 Å². The van der Waals surface area contributed by atoms with E-state index in [1.165, 1.54) is 7.11 Å². The van der Waals surface area contributed by atoms with Crippen LogP contribution in [0.1, 0.15) is 18.9 Å². The standard InChI is InChI=1S/C13H18O4/c1-3-17-12(14)9-13(15,10-16-2)11-7-5-4-6-8-11/h4-8,15H,3,9-10H2,1-2H3. The lowest BCUT2D eigenvalue weighted by Gasteiger charge is -2.26. The van der Waals surface area contributed by atoms with Gasteiger partial charge in [0.2, 0.25) is 0 Å². The largest absolute Gasteiger partial charge is 0.466 e. The average Bonchev–Trinajstić information content (AvgIpc) is 2.30. The van der Waals surface area contributed by atoms with Gasteiger partial charge in [-0.2, -0.15) is 0 Å². The molecule has 1 atom stereocenters. The van der Waals surface area contributed by atoms with Crippen molar-refractivity contribution < 1.29 is 19.4 Å². The number of carbonyl (C=O) groups excluding carboxylic acids is 1. The zero-order chi connectivity index (χ0) is 12.7. The van der Waals surface area contributed by atoms with E-state index in [0.29, 0.717) is 12.2 Å². The predicted molar refractivity (Wildman–Crippen MR) is 63.5 cm³/mol. The number of carbonyl (C=O) groups is 1. The fourth-order valence-electron chi connectivity index (χ4n) is 1.67. The molecule has 0 radical (unpaired) electrons. The zero-order valence-corrected chi connectivity index (χ0v) is 10.2. The van der Waals surface area contributed by atoms with Crippen LogP contribution in [0.5, 0.6) is 0 Å². The third-order valence-electron chi connectivity index (χ3n) is 2.44. The molecule has 0 spiro atoms. The van der Waals surface area contributed by atoms with E-state index >= 15 is 0 Å². The molecule has 0 saturated heterocycles. The molecule has 0 aliphatic carbocycles. The Bertz CT molecular complexity index is 350. The van der Waals surface area contributed by atoms with Gasteiger partial charge < -0.3 is 14.6 Å². The highest BCUT2D eigenvalue weighted by Gasteiger charge is 2.32. The molecule has 94 valence electrons. The molecule has 0 aliphatic heterocycles. The number of benzene rings is 1. The summed E-state index contributed by atoms with van der Waals surface area (Å²) >= 11 is 0. The molecule has 0 saturated carbocycles. The molecule has 1 unspecified atom stereocenters. The van der Waals surface area contributed by atoms with Gasteiger partial charge in [0.15, 0.2) is 0 Å². The molecule has 0 aromatic heterocycles. The molecule has 0 aliphatic rings. The summed E-state index contributed by atoms with van der Waals surface area (Å²) < 4.78 is 9.83. The third kappa shape index (κ3) is 3.84. The van der Waals surface area contributed by atoms with Gasteiger partial charge in [0.05, 0.1) is 19.6 Å². The van der Waals surface area contributed by atoms with Crippen LogP contribution in [0.4, 0.5) is 0 Å². The van der Waals surface area contributed by atoms with Crippen LogP contribution in [0.3, 0.4) is 0 Å². The first kappa shape index (κ1) is 13.7. The summed E-state index contributed by atoms with van der Waals surface area (Å²) in [7, 11) is 1.49. The SMILES string of the molecule is CCOC(=O)CC(O)(COC)c1ccccc1. The molecule has 4 heteroatoms. The summed E-state index contributed by atoms with van der Waals surface area (Å²) in [6, 6.07) is 8.99. The van der Waals surface area contributed by atoms with Crippen molar-refractivity contribution in [2.45, 2.75) is 18.9 Å². The fourth-order valence-corrected chi connectivity index (χ4v) is 1.67. The number of esters is 1. The molecule has 0 fully saturated rings. The van der Waals surface area contributed by atoms with Crippen LogP contribution in [-0.2, 0) is 19.9 Å². The second kappa shape index (κ2) is 6.37. The van der Waals surface area contributed by atoms with Crippen molar-refractivity contribution in [2.24, 2.45) is 0 Å². The number of hydrogen-bond acceptors (Lipinski definition) is 4. The Morgan fingerprint density at radius 3 is 2.53 bits per heavy atom. The third-order valence-corrected chi connectivity index (χ3v) is 2.44. The smallest absolute Gasteiger partial charge is 0.309 e. The number of aliphatic hydroxyl groups is 1. The summed E-state index contributed by atoms with van der Waals surface area (Å²) in [6.45, 7) is 2.09. The minimum atomic E-state index is -1.33. The summed E-state index contributed by atoms with van der Waals surface area (Å²) in [5.74, 6) is -0.434. The number of hydrogen-bond donors (Lipinski definition) is 1. The molecule has 0 amide bonds. The first-order chi connectivity index (χ1) is 8.12. The normalized spacial score (nSPS) is 14.1. The van der Waals surface area contributed by atoms with E-state index in [0.717, 1.165) is 0 Å². The highest BCUT2D eigenvalue weighted by molar-refractivity contribution is 5.71. The van der Waals surface area contributed by atoms with Crippen LogP contribution < -0.4 is 0 Å². The van der Waals surface area contributed by atoms with Gasteiger partial charge >= 0.3 is 5.97 Å². The van der Waals surface area contributed by atoms with Crippen molar-refractivity contribution in [1.29, 1.82) is 0 Å². The first-order valence-electron chi connectivity index (χ1n) is 5.55. The van der Waals surface area contributed by atoms with Crippen molar-refractivity contribution in [2.75, 3.05) is 20.3 Å². The number of ether oxygens (including phenoxy) is 2. The summed E-state index contributed by atoms with van der Waals surface area (Å²) in [4.78, 5) is 11.5. The Morgan fingerprint density at radius 2 is 2.00 bits per heavy atom. The Balaban J connectivity index is 2.86. The van der Waals surface area contributed by atoms with Crippen molar-refractivity contribution in [3.05, 3.63) is 35.9 Å². The molecular formula is C13H18O4. The van der Waals surface area contributed by atoms with Crippen molar-refractivity contribution >= 4 is 5.97 Å². The minimum Gasteiger partial charge on any atom is -0.466 e. The second-order valence-corrected chi connectivity index (χ2v) is 3.81. The van der Waals surface area contributed by atoms with Crippen LogP contribution in [0, 0.1) is 0 Å². The monoisotopic (exact) mass is 238 g/mol. The molecule has 4 nitrogen and oxygen atoms in total. The number of rotatable bonds is 6. The average molecular weight is 238 g/mol. The van der Waals surface area contributed by atoms with Crippen molar-refractivity contribution in [3.8, 4) is 0 Å². The molecule has 17 heavy (non-hydrogen) atoms. The molecule has 1 N–H and O–H groups in total. The fraction of sp³-hybridized carbons (Fsp3) is 0.462. The van der Waals surface area contributed by atoms with Gasteiger partial charge in [-0.15, -0.1) is 0 Å².